The molecule has 28 heavy (non-hydrogen) atoms. The first kappa shape index (κ1) is 19.8. The zero-order chi connectivity index (χ0) is 20.4. The number of methoxy groups -OCH3 is 1. The van der Waals surface area contributed by atoms with Crippen LogP contribution in [0.2, 0.25) is 5.02 Å². The van der Waals surface area contributed by atoms with E-state index in [1.807, 2.05) is 13.8 Å². The summed E-state index contributed by atoms with van der Waals surface area (Å²) in [6.45, 7) is 4.64. The van der Waals surface area contributed by atoms with Gasteiger partial charge in [-0.2, -0.15) is 0 Å². The second-order valence-electron chi connectivity index (χ2n) is 6.71. The van der Waals surface area contributed by atoms with Crippen LogP contribution in [0.3, 0.4) is 0 Å². The molecule has 7 heteroatoms. The average Bonchev–Trinajstić information content (AvgIpc) is 2.89. The summed E-state index contributed by atoms with van der Waals surface area (Å²) >= 11 is 6.01. The zero-order valence-corrected chi connectivity index (χ0v) is 16.5. The minimum absolute atomic E-state index is 0.0811. The summed E-state index contributed by atoms with van der Waals surface area (Å²) in [4.78, 5) is 26.4. The molecule has 146 valence electrons. The molecule has 0 saturated carbocycles. The van der Waals surface area contributed by atoms with Gasteiger partial charge in [-0.25, -0.2) is 4.90 Å². The molecule has 2 aromatic rings. The summed E-state index contributed by atoms with van der Waals surface area (Å²) in [5, 5.41) is 10.7. The van der Waals surface area contributed by atoms with E-state index in [2.05, 4.69) is 0 Å². The summed E-state index contributed by atoms with van der Waals surface area (Å²) in [5.41, 5.74) is 0.502. The van der Waals surface area contributed by atoms with E-state index in [1.165, 1.54) is 13.2 Å². The summed E-state index contributed by atoms with van der Waals surface area (Å²) in [5.74, 6) is -0.801. The molecule has 6 nitrogen and oxygen atoms in total. The van der Waals surface area contributed by atoms with Gasteiger partial charge in [-0.05, 0) is 41.8 Å². The van der Waals surface area contributed by atoms with E-state index in [0.717, 1.165) is 4.90 Å². The SMILES string of the molecule is COc1ccc(Cl)cc1N1C(=O)C(O)=C(c2ccc(OCC(C)C)cc2)C1=O. The summed E-state index contributed by atoms with van der Waals surface area (Å²) in [7, 11) is 1.42. The topological polar surface area (TPSA) is 76.1 Å². The van der Waals surface area contributed by atoms with Crippen LogP contribution in [0.5, 0.6) is 11.5 Å². The van der Waals surface area contributed by atoms with Crippen LogP contribution in [0.15, 0.2) is 48.2 Å². The van der Waals surface area contributed by atoms with Gasteiger partial charge in [0.15, 0.2) is 5.76 Å². The highest BCUT2D eigenvalue weighted by atomic mass is 35.5. The number of hydrogen-bond acceptors (Lipinski definition) is 5. The number of rotatable bonds is 6. The lowest BCUT2D eigenvalue weighted by Gasteiger charge is -2.18. The number of ether oxygens (including phenoxy) is 2. The minimum atomic E-state index is -0.833. The molecule has 3 rings (SSSR count). The minimum Gasteiger partial charge on any atom is -0.502 e. The number of nitrogens with zero attached hydrogens (tertiary/aromatic N) is 1. The quantitative estimate of drug-likeness (QED) is 0.733. The third kappa shape index (κ3) is 3.68. The lowest BCUT2D eigenvalue weighted by molar-refractivity contribution is -0.121. The van der Waals surface area contributed by atoms with Gasteiger partial charge in [0, 0.05) is 5.02 Å². The van der Waals surface area contributed by atoms with Crippen molar-refractivity contribution >= 4 is 34.7 Å². The van der Waals surface area contributed by atoms with Gasteiger partial charge in [0.2, 0.25) is 0 Å². The van der Waals surface area contributed by atoms with E-state index < -0.39 is 17.6 Å². The van der Waals surface area contributed by atoms with Crippen molar-refractivity contribution in [2.24, 2.45) is 5.92 Å². The number of anilines is 1. The van der Waals surface area contributed by atoms with E-state index in [0.29, 0.717) is 28.9 Å². The van der Waals surface area contributed by atoms with Gasteiger partial charge < -0.3 is 14.6 Å². The van der Waals surface area contributed by atoms with Crippen LogP contribution in [0.4, 0.5) is 5.69 Å². The Morgan fingerprint density at radius 3 is 2.36 bits per heavy atom. The molecule has 2 aromatic carbocycles. The number of halogens is 1. The first-order valence-corrected chi connectivity index (χ1v) is 9.10. The van der Waals surface area contributed by atoms with Crippen molar-refractivity contribution in [3.63, 3.8) is 0 Å². The molecule has 0 bridgehead atoms. The summed E-state index contributed by atoms with van der Waals surface area (Å²) in [6, 6.07) is 11.2. The van der Waals surface area contributed by atoms with Crippen molar-refractivity contribution in [3.8, 4) is 11.5 Å². The van der Waals surface area contributed by atoms with Crippen molar-refractivity contribution < 1.29 is 24.2 Å². The number of amides is 2. The summed E-state index contributed by atoms with van der Waals surface area (Å²) in [6.07, 6.45) is 0. The van der Waals surface area contributed by atoms with Gasteiger partial charge in [0.1, 0.15) is 11.5 Å². The number of carbonyl (C=O) groups is 2. The van der Waals surface area contributed by atoms with Crippen molar-refractivity contribution in [2.75, 3.05) is 18.6 Å². The molecule has 1 N–H and O–H groups in total. The Morgan fingerprint density at radius 2 is 1.75 bits per heavy atom. The number of carbonyl (C=O) groups excluding carboxylic acids is 2. The molecule has 0 atom stereocenters. The largest absolute Gasteiger partial charge is 0.502 e. The first-order chi connectivity index (χ1) is 13.3. The highest BCUT2D eigenvalue weighted by molar-refractivity contribution is 6.45. The normalized spacial score (nSPS) is 14.2. The first-order valence-electron chi connectivity index (χ1n) is 8.72. The number of hydrogen-bond donors (Lipinski definition) is 1. The fourth-order valence-corrected chi connectivity index (χ4v) is 2.98. The van der Waals surface area contributed by atoms with Gasteiger partial charge in [0.25, 0.3) is 5.91 Å². The Morgan fingerprint density at radius 1 is 1.07 bits per heavy atom. The van der Waals surface area contributed by atoms with Crippen LogP contribution in [-0.2, 0) is 9.59 Å². The predicted octanol–water partition coefficient (Wildman–Crippen LogP) is 4.23. The zero-order valence-electron chi connectivity index (χ0n) is 15.7. The van der Waals surface area contributed by atoms with Crippen LogP contribution in [0.25, 0.3) is 5.57 Å². The predicted molar refractivity (Wildman–Crippen MR) is 107 cm³/mol. The molecule has 0 aliphatic carbocycles. The van der Waals surface area contributed by atoms with Crippen molar-refractivity contribution in [1.82, 2.24) is 0 Å². The highest BCUT2D eigenvalue weighted by Crippen LogP contribution is 2.38. The van der Waals surface area contributed by atoms with Crippen molar-refractivity contribution in [1.29, 1.82) is 0 Å². The fraction of sp³-hybridized carbons (Fsp3) is 0.238. The highest BCUT2D eigenvalue weighted by Gasteiger charge is 2.41. The maximum atomic E-state index is 13.0. The van der Waals surface area contributed by atoms with Crippen molar-refractivity contribution in [2.45, 2.75) is 13.8 Å². The molecule has 0 saturated heterocycles. The Hall–Kier alpha value is -2.99. The van der Waals surface area contributed by atoms with Gasteiger partial charge in [-0.1, -0.05) is 37.6 Å². The lowest BCUT2D eigenvalue weighted by Crippen LogP contribution is -2.31. The molecule has 2 amide bonds. The monoisotopic (exact) mass is 401 g/mol. The molecular formula is C21H20ClNO5. The molecule has 0 aromatic heterocycles. The number of aliphatic hydroxyl groups is 1. The molecule has 1 aliphatic heterocycles. The van der Waals surface area contributed by atoms with Crippen molar-refractivity contribution in [3.05, 3.63) is 58.8 Å². The average molecular weight is 402 g/mol. The Bertz CT molecular complexity index is 950. The van der Waals surface area contributed by atoms with Crippen LogP contribution in [0.1, 0.15) is 19.4 Å². The second-order valence-corrected chi connectivity index (χ2v) is 7.15. The molecule has 0 radical (unpaired) electrons. The fourth-order valence-electron chi connectivity index (χ4n) is 2.82. The van der Waals surface area contributed by atoms with Crippen LogP contribution in [0, 0.1) is 5.92 Å². The Balaban J connectivity index is 1.93. The van der Waals surface area contributed by atoms with Crippen LogP contribution >= 0.6 is 11.6 Å². The number of imide groups is 1. The van der Waals surface area contributed by atoms with E-state index in [9.17, 15) is 14.7 Å². The number of benzene rings is 2. The third-order valence-electron chi connectivity index (χ3n) is 4.17. The molecule has 0 fully saturated rings. The molecule has 1 aliphatic rings. The van der Waals surface area contributed by atoms with E-state index in [4.69, 9.17) is 21.1 Å². The van der Waals surface area contributed by atoms with Gasteiger partial charge in [-0.15, -0.1) is 0 Å². The lowest BCUT2D eigenvalue weighted by atomic mass is 10.1. The second kappa shape index (κ2) is 7.94. The van der Waals surface area contributed by atoms with Gasteiger partial charge in [0.05, 0.1) is 25.0 Å². The maximum absolute atomic E-state index is 13.0. The molecule has 0 unspecified atom stereocenters. The van der Waals surface area contributed by atoms with Crippen LogP contribution < -0.4 is 14.4 Å². The molecular weight excluding hydrogens is 382 g/mol. The Kier molecular flexibility index (Phi) is 5.61. The molecule has 0 spiro atoms. The van der Waals surface area contributed by atoms with Gasteiger partial charge >= 0.3 is 5.91 Å². The third-order valence-corrected chi connectivity index (χ3v) is 4.40. The smallest absolute Gasteiger partial charge is 0.301 e. The number of aliphatic hydroxyl groups excluding tert-OH is 1. The Labute approximate surface area is 167 Å². The van der Waals surface area contributed by atoms with Gasteiger partial charge in [-0.3, -0.25) is 9.59 Å². The van der Waals surface area contributed by atoms with Crippen LogP contribution in [-0.4, -0.2) is 30.6 Å². The maximum Gasteiger partial charge on any atom is 0.301 e. The molecule has 1 heterocycles. The summed E-state index contributed by atoms with van der Waals surface area (Å²) < 4.78 is 10.8. The van der Waals surface area contributed by atoms with E-state index >= 15 is 0 Å². The van der Waals surface area contributed by atoms with E-state index in [1.54, 1.807) is 36.4 Å². The standard InChI is InChI=1S/C21H20ClNO5/c1-12(2)11-28-15-7-4-13(5-8-15)18-19(24)21(26)23(20(18)25)16-10-14(22)6-9-17(16)27-3/h4-10,12,24H,11H2,1-3H3. The van der Waals surface area contributed by atoms with E-state index in [-0.39, 0.29) is 17.0 Å².